The third-order valence-electron chi connectivity index (χ3n) is 2.62. The second-order valence-corrected chi connectivity index (χ2v) is 8.89. The summed E-state index contributed by atoms with van der Waals surface area (Å²) in [5.41, 5.74) is 0.252. The van der Waals surface area contributed by atoms with Crippen molar-refractivity contribution >= 4 is 25.8 Å². The van der Waals surface area contributed by atoms with E-state index in [0.29, 0.717) is 16.3 Å². The molecular formula is C12H25BrO2S. The van der Waals surface area contributed by atoms with Crippen molar-refractivity contribution in [1.82, 2.24) is 0 Å². The van der Waals surface area contributed by atoms with Crippen molar-refractivity contribution in [2.45, 2.75) is 58.2 Å². The zero-order valence-corrected chi connectivity index (χ0v) is 13.3. The zero-order valence-electron chi connectivity index (χ0n) is 10.9. The lowest BCUT2D eigenvalue weighted by Gasteiger charge is -2.25. The maximum Gasteiger partial charge on any atom is 0.150 e. The van der Waals surface area contributed by atoms with Crippen LogP contribution in [0.5, 0.6) is 0 Å². The standard InChI is InChI=1S/C12H25BrO2S/c1-5-9-16(14,15)10-7-6-8-11(13)12(2,3)4/h11H,5-10H2,1-4H3. The highest BCUT2D eigenvalue weighted by atomic mass is 79.9. The normalized spacial score (nSPS) is 15.1. The summed E-state index contributed by atoms with van der Waals surface area (Å²) in [6.07, 6.45) is 3.55. The van der Waals surface area contributed by atoms with Crippen molar-refractivity contribution in [2.24, 2.45) is 5.41 Å². The fraction of sp³-hybridized carbons (Fsp3) is 1.00. The average Bonchev–Trinajstić information content (AvgIpc) is 2.10. The Morgan fingerprint density at radius 2 is 1.69 bits per heavy atom. The molecule has 0 amide bonds. The van der Waals surface area contributed by atoms with Crippen LogP contribution in [0.15, 0.2) is 0 Å². The van der Waals surface area contributed by atoms with Crippen molar-refractivity contribution in [3.05, 3.63) is 0 Å². The molecule has 0 N–H and O–H groups in total. The van der Waals surface area contributed by atoms with Crippen LogP contribution in [-0.2, 0) is 9.84 Å². The molecule has 0 saturated heterocycles. The van der Waals surface area contributed by atoms with Crippen LogP contribution in [0.3, 0.4) is 0 Å². The van der Waals surface area contributed by atoms with Gasteiger partial charge in [-0.1, -0.05) is 50.0 Å². The predicted octanol–water partition coefficient (Wildman–Crippen LogP) is 3.79. The number of unbranched alkanes of at least 4 members (excludes halogenated alkanes) is 1. The largest absolute Gasteiger partial charge is 0.229 e. The van der Waals surface area contributed by atoms with E-state index in [-0.39, 0.29) is 5.41 Å². The Labute approximate surface area is 109 Å². The molecule has 0 bridgehead atoms. The Bertz CT molecular complexity index is 278. The molecule has 0 heterocycles. The molecule has 0 fully saturated rings. The summed E-state index contributed by atoms with van der Waals surface area (Å²) in [5.74, 6) is 0.689. The highest BCUT2D eigenvalue weighted by molar-refractivity contribution is 9.09. The van der Waals surface area contributed by atoms with Crippen LogP contribution in [0.4, 0.5) is 0 Å². The fourth-order valence-electron chi connectivity index (χ4n) is 1.49. The van der Waals surface area contributed by atoms with E-state index in [1.165, 1.54) is 0 Å². The van der Waals surface area contributed by atoms with Gasteiger partial charge >= 0.3 is 0 Å². The van der Waals surface area contributed by atoms with Crippen LogP contribution in [-0.4, -0.2) is 24.8 Å². The molecule has 16 heavy (non-hydrogen) atoms. The molecule has 0 aliphatic heterocycles. The van der Waals surface area contributed by atoms with E-state index in [0.717, 1.165) is 25.7 Å². The quantitative estimate of drug-likeness (QED) is 0.529. The minimum absolute atomic E-state index is 0.252. The zero-order chi connectivity index (χ0) is 12.8. The Morgan fingerprint density at radius 3 is 2.12 bits per heavy atom. The van der Waals surface area contributed by atoms with Crippen LogP contribution < -0.4 is 0 Å². The number of alkyl halides is 1. The highest BCUT2D eigenvalue weighted by Crippen LogP contribution is 2.29. The molecule has 0 aromatic rings. The molecular weight excluding hydrogens is 288 g/mol. The van der Waals surface area contributed by atoms with Crippen molar-refractivity contribution in [3.63, 3.8) is 0 Å². The third-order valence-corrected chi connectivity index (χ3v) is 6.39. The van der Waals surface area contributed by atoms with Gasteiger partial charge in [-0.05, 0) is 24.7 Å². The number of hydrogen-bond acceptors (Lipinski definition) is 2. The van der Waals surface area contributed by atoms with E-state index in [2.05, 4.69) is 36.7 Å². The van der Waals surface area contributed by atoms with E-state index in [9.17, 15) is 8.42 Å². The van der Waals surface area contributed by atoms with E-state index in [1.54, 1.807) is 0 Å². The maximum absolute atomic E-state index is 11.5. The monoisotopic (exact) mass is 312 g/mol. The second kappa shape index (κ2) is 7.00. The molecule has 2 nitrogen and oxygen atoms in total. The number of hydrogen-bond donors (Lipinski definition) is 0. The molecule has 0 aliphatic rings. The summed E-state index contributed by atoms with van der Waals surface area (Å²) in [4.78, 5) is 0.467. The van der Waals surface area contributed by atoms with Crippen molar-refractivity contribution < 1.29 is 8.42 Å². The average molecular weight is 313 g/mol. The summed E-state index contributed by atoms with van der Waals surface area (Å²) in [6.45, 7) is 8.49. The lowest BCUT2D eigenvalue weighted by atomic mass is 9.89. The minimum Gasteiger partial charge on any atom is -0.229 e. The first kappa shape index (κ1) is 16.4. The Hall–Kier alpha value is 0.430. The van der Waals surface area contributed by atoms with E-state index in [4.69, 9.17) is 0 Å². The van der Waals surface area contributed by atoms with Gasteiger partial charge in [0.05, 0.1) is 5.75 Å². The molecule has 0 aliphatic carbocycles. The first-order valence-electron chi connectivity index (χ1n) is 6.03. The van der Waals surface area contributed by atoms with E-state index >= 15 is 0 Å². The van der Waals surface area contributed by atoms with Gasteiger partial charge in [-0.3, -0.25) is 0 Å². The summed E-state index contributed by atoms with van der Waals surface area (Å²) >= 11 is 3.66. The first-order chi connectivity index (χ1) is 7.19. The van der Waals surface area contributed by atoms with Crippen molar-refractivity contribution in [2.75, 3.05) is 11.5 Å². The van der Waals surface area contributed by atoms with Crippen LogP contribution in [0.2, 0.25) is 0 Å². The molecule has 0 aromatic heterocycles. The van der Waals surface area contributed by atoms with Gasteiger partial charge in [0.25, 0.3) is 0 Å². The summed E-state index contributed by atoms with van der Waals surface area (Å²) in [5, 5.41) is 0. The maximum atomic E-state index is 11.5. The van der Waals surface area contributed by atoms with E-state index in [1.807, 2.05) is 6.92 Å². The number of sulfone groups is 1. The number of halogens is 1. The summed E-state index contributed by atoms with van der Waals surface area (Å²) in [6, 6.07) is 0. The van der Waals surface area contributed by atoms with Gasteiger partial charge < -0.3 is 0 Å². The molecule has 0 spiro atoms. The smallest absolute Gasteiger partial charge is 0.150 e. The summed E-state index contributed by atoms with van der Waals surface area (Å²) < 4.78 is 22.9. The molecule has 4 heteroatoms. The Morgan fingerprint density at radius 1 is 1.12 bits per heavy atom. The molecule has 1 unspecified atom stereocenters. The first-order valence-corrected chi connectivity index (χ1v) is 8.77. The minimum atomic E-state index is -2.78. The Kier molecular flexibility index (Phi) is 7.18. The van der Waals surface area contributed by atoms with Crippen LogP contribution >= 0.6 is 15.9 Å². The molecule has 0 saturated carbocycles. The second-order valence-electron chi connectivity index (χ2n) is 5.48. The highest BCUT2D eigenvalue weighted by Gasteiger charge is 2.21. The van der Waals surface area contributed by atoms with Gasteiger partial charge in [-0.15, -0.1) is 0 Å². The van der Waals surface area contributed by atoms with Crippen molar-refractivity contribution in [1.29, 1.82) is 0 Å². The van der Waals surface area contributed by atoms with Gasteiger partial charge in [0.15, 0.2) is 0 Å². The van der Waals surface area contributed by atoms with Crippen LogP contribution in [0, 0.1) is 5.41 Å². The molecule has 0 radical (unpaired) electrons. The molecule has 1 atom stereocenters. The topological polar surface area (TPSA) is 34.1 Å². The third kappa shape index (κ3) is 7.66. The van der Waals surface area contributed by atoms with Gasteiger partial charge in [0.1, 0.15) is 9.84 Å². The van der Waals surface area contributed by atoms with Gasteiger partial charge in [-0.2, -0.15) is 0 Å². The number of rotatable bonds is 7. The SMILES string of the molecule is CCCS(=O)(=O)CCCCC(Br)C(C)(C)C. The van der Waals surface area contributed by atoms with Crippen LogP contribution in [0.1, 0.15) is 53.4 Å². The van der Waals surface area contributed by atoms with E-state index < -0.39 is 9.84 Å². The van der Waals surface area contributed by atoms with Crippen molar-refractivity contribution in [3.8, 4) is 0 Å². The molecule has 98 valence electrons. The van der Waals surface area contributed by atoms with Gasteiger partial charge in [-0.25, -0.2) is 8.42 Å². The molecule has 0 aromatic carbocycles. The van der Waals surface area contributed by atoms with Gasteiger partial charge in [0, 0.05) is 10.6 Å². The lowest BCUT2D eigenvalue weighted by molar-refractivity contribution is 0.379. The van der Waals surface area contributed by atoms with Gasteiger partial charge in [0.2, 0.25) is 0 Å². The summed E-state index contributed by atoms with van der Waals surface area (Å²) in [7, 11) is -2.78. The fourth-order valence-corrected chi connectivity index (χ4v) is 3.29. The predicted molar refractivity (Wildman–Crippen MR) is 75.0 cm³/mol. The van der Waals surface area contributed by atoms with Crippen LogP contribution in [0.25, 0.3) is 0 Å². The Balaban J connectivity index is 3.77. The molecule has 0 rings (SSSR count). The lowest BCUT2D eigenvalue weighted by Crippen LogP contribution is -2.20.